The van der Waals surface area contributed by atoms with Gasteiger partial charge in [-0.05, 0) is 41.8 Å². The Bertz CT molecular complexity index is 871. The molecule has 0 saturated carbocycles. The van der Waals surface area contributed by atoms with Gasteiger partial charge in [0, 0.05) is 27.7 Å². The number of benzene rings is 1. The second-order valence-corrected chi connectivity index (χ2v) is 7.26. The summed E-state index contributed by atoms with van der Waals surface area (Å²) in [4.78, 5) is 4.34. The predicted molar refractivity (Wildman–Crippen MR) is 87.8 cm³/mol. The first-order chi connectivity index (χ1) is 10.0. The van der Waals surface area contributed by atoms with Crippen LogP contribution in [0.3, 0.4) is 0 Å². The third-order valence-electron chi connectivity index (χ3n) is 2.83. The molecule has 0 unspecified atom stereocenters. The molecule has 2 aromatic heterocycles. The van der Waals surface area contributed by atoms with Crippen LogP contribution in [0.1, 0.15) is 0 Å². The van der Waals surface area contributed by atoms with E-state index in [-0.39, 0.29) is 0 Å². The average Bonchev–Trinajstić information content (AvgIpc) is 2.89. The highest BCUT2D eigenvalue weighted by atomic mass is 32.2. The van der Waals surface area contributed by atoms with E-state index in [0.717, 1.165) is 23.1 Å². The van der Waals surface area contributed by atoms with Crippen LogP contribution in [0.2, 0.25) is 0 Å². The first-order valence-corrected chi connectivity index (χ1v) is 8.95. The summed E-state index contributed by atoms with van der Waals surface area (Å²) >= 11 is 1.66. The highest BCUT2D eigenvalue weighted by Crippen LogP contribution is 2.28. The van der Waals surface area contributed by atoms with E-state index in [1.807, 2.05) is 17.5 Å². The Morgan fingerprint density at radius 1 is 1.05 bits per heavy atom. The van der Waals surface area contributed by atoms with Crippen molar-refractivity contribution >= 4 is 48.6 Å². The molecule has 2 heterocycles. The summed E-state index contributed by atoms with van der Waals surface area (Å²) in [5.41, 5.74) is 1.38. The monoisotopic (exact) mass is 319 g/mol. The number of anilines is 3. The van der Waals surface area contributed by atoms with Crippen LogP contribution in [0.5, 0.6) is 0 Å². The van der Waals surface area contributed by atoms with Crippen LogP contribution in [0.15, 0.2) is 48.0 Å². The zero-order valence-corrected chi connectivity index (χ0v) is 12.8. The number of sulfonamides is 1. The highest BCUT2D eigenvalue weighted by Gasteiger charge is 2.05. The van der Waals surface area contributed by atoms with E-state index in [0.29, 0.717) is 5.69 Å². The van der Waals surface area contributed by atoms with Crippen molar-refractivity contribution in [2.45, 2.75) is 0 Å². The standard InChI is InChI=1S/C14H13N3O2S2/c1-21(18,19)17-11-4-2-10(3-5-11)16-14-12-7-9-20-13(12)6-8-15-14/h2-9,17H,1H3,(H,15,16). The normalized spacial score (nSPS) is 11.5. The van der Waals surface area contributed by atoms with Gasteiger partial charge in [0.25, 0.3) is 0 Å². The molecule has 5 nitrogen and oxygen atoms in total. The number of hydrogen-bond donors (Lipinski definition) is 2. The van der Waals surface area contributed by atoms with Gasteiger partial charge in [-0.1, -0.05) is 0 Å². The van der Waals surface area contributed by atoms with Crippen molar-refractivity contribution in [3.8, 4) is 0 Å². The molecular weight excluding hydrogens is 306 g/mol. The third-order valence-corrected chi connectivity index (χ3v) is 4.32. The van der Waals surface area contributed by atoms with Crippen molar-refractivity contribution in [3.63, 3.8) is 0 Å². The predicted octanol–water partition coefficient (Wildman–Crippen LogP) is 3.41. The van der Waals surface area contributed by atoms with Crippen LogP contribution in [0, 0.1) is 0 Å². The molecule has 0 amide bonds. The Morgan fingerprint density at radius 3 is 2.48 bits per heavy atom. The quantitative estimate of drug-likeness (QED) is 0.773. The van der Waals surface area contributed by atoms with E-state index in [4.69, 9.17) is 0 Å². The van der Waals surface area contributed by atoms with Crippen molar-refractivity contribution in [1.82, 2.24) is 4.98 Å². The fraction of sp³-hybridized carbons (Fsp3) is 0.0714. The van der Waals surface area contributed by atoms with E-state index in [2.05, 4.69) is 15.0 Å². The van der Waals surface area contributed by atoms with Crippen LogP contribution in [-0.2, 0) is 10.0 Å². The van der Waals surface area contributed by atoms with Gasteiger partial charge in [-0.15, -0.1) is 11.3 Å². The highest BCUT2D eigenvalue weighted by molar-refractivity contribution is 7.92. The van der Waals surface area contributed by atoms with Gasteiger partial charge >= 0.3 is 0 Å². The van der Waals surface area contributed by atoms with Crippen LogP contribution >= 0.6 is 11.3 Å². The zero-order valence-electron chi connectivity index (χ0n) is 11.2. The number of hydrogen-bond acceptors (Lipinski definition) is 5. The van der Waals surface area contributed by atoms with Gasteiger partial charge in [0.2, 0.25) is 10.0 Å². The summed E-state index contributed by atoms with van der Waals surface area (Å²) in [6, 6.07) is 11.0. The van der Waals surface area contributed by atoms with E-state index in [9.17, 15) is 8.42 Å². The maximum Gasteiger partial charge on any atom is 0.229 e. The fourth-order valence-electron chi connectivity index (χ4n) is 1.97. The minimum atomic E-state index is -3.25. The number of thiophene rings is 1. The van der Waals surface area contributed by atoms with Gasteiger partial charge in [0.1, 0.15) is 5.82 Å². The molecule has 0 saturated heterocycles. The number of fused-ring (bicyclic) bond motifs is 1. The molecular formula is C14H13N3O2S2. The summed E-state index contributed by atoms with van der Waals surface area (Å²) in [5, 5.41) is 6.34. The molecule has 0 radical (unpaired) electrons. The van der Waals surface area contributed by atoms with Gasteiger partial charge in [0.15, 0.2) is 0 Å². The molecule has 0 aliphatic rings. The molecule has 7 heteroatoms. The second-order valence-electron chi connectivity index (χ2n) is 4.57. The second kappa shape index (κ2) is 5.34. The molecule has 0 aliphatic heterocycles. The molecule has 21 heavy (non-hydrogen) atoms. The smallest absolute Gasteiger partial charge is 0.229 e. The lowest BCUT2D eigenvalue weighted by molar-refractivity contribution is 0.607. The lowest BCUT2D eigenvalue weighted by Crippen LogP contribution is -2.09. The van der Waals surface area contributed by atoms with Crippen LogP contribution in [-0.4, -0.2) is 19.7 Å². The first-order valence-electron chi connectivity index (χ1n) is 6.18. The van der Waals surface area contributed by atoms with Gasteiger partial charge in [-0.2, -0.15) is 0 Å². The maximum atomic E-state index is 11.2. The van der Waals surface area contributed by atoms with Gasteiger partial charge < -0.3 is 5.32 Å². The summed E-state index contributed by atoms with van der Waals surface area (Å²) in [6.07, 6.45) is 2.89. The summed E-state index contributed by atoms with van der Waals surface area (Å²) in [7, 11) is -3.25. The summed E-state index contributed by atoms with van der Waals surface area (Å²) < 4.78 is 25.9. The lowest BCUT2D eigenvalue weighted by Gasteiger charge is -2.08. The SMILES string of the molecule is CS(=O)(=O)Nc1ccc(Nc2nccc3sccc23)cc1. The van der Waals surface area contributed by atoms with E-state index >= 15 is 0 Å². The number of aromatic nitrogens is 1. The Balaban J connectivity index is 1.84. The number of pyridine rings is 1. The minimum absolute atomic E-state index is 0.532. The number of nitrogens with zero attached hydrogens (tertiary/aromatic N) is 1. The Hall–Kier alpha value is -2.12. The Kier molecular flexibility index (Phi) is 3.52. The average molecular weight is 319 g/mol. The van der Waals surface area contributed by atoms with Crippen LogP contribution in [0.4, 0.5) is 17.2 Å². The van der Waals surface area contributed by atoms with Gasteiger partial charge in [-0.25, -0.2) is 13.4 Å². The minimum Gasteiger partial charge on any atom is -0.340 e. The Labute approximate surface area is 126 Å². The topological polar surface area (TPSA) is 71.1 Å². The Morgan fingerprint density at radius 2 is 1.76 bits per heavy atom. The largest absolute Gasteiger partial charge is 0.340 e. The van der Waals surface area contributed by atoms with Crippen molar-refractivity contribution in [1.29, 1.82) is 0 Å². The molecule has 0 bridgehead atoms. The fourth-order valence-corrected chi connectivity index (χ4v) is 3.31. The molecule has 3 rings (SSSR count). The molecule has 3 aromatic rings. The van der Waals surface area contributed by atoms with Gasteiger partial charge in [-0.3, -0.25) is 4.72 Å². The first kappa shape index (κ1) is 13.8. The van der Waals surface area contributed by atoms with Crippen molar-refractivity contribution in [3.05, 3.63) is 48.0 Å². The molecule has 0 spiro atoms. The summed E-state index contributed by atoms with van der Waals surface area (Å²) in [5.74, 6) is 0.789. The van der Waals surface area contributed by atoms with E-state index in [1.54, 1.807) is 41.8 Å². The van der Waals surface area contributed by atoms with E-state index in [1.165, 1.54) is 4.70 Å². The van der Waals surface area contributed by atoms with Crippen LogP contribution < -0.4 is 10.0 Å². The van der Waals surface area contributed by atoms with Crippen molar-refractivity contribution < 1.29 is 8.42 Å². The van der Waals surface area contributed by atoms with Crippen molar-refractivity contribution in [2.24, 2.45) is 0 Å². The molecule has 2 N–H and O–H groups in total. The van der Waals surface area contributed by atoms with Gasteiger partial charge in [0.05, 0.1) is 6.26 Å². The molecule has 0 aliphatic carbocycles. The summed E-state index contributed by atoms with van der Waals surface area (Å²) in [6.45, 7) is 0. The molecule has 0 fully saturated rings. The molecule has 0 atom stereocenters. The molecule has 1 aromatic carbocycles. The van der Waals surface area contributed by atoms with Crippen LogP contribution in [0.25, 0.3) is 10.1 Å². The van der Waals surface area contributed by atoms with E-state index < -0.39 is 10.0 Å². The lowest BCUT2D eigenvalue weighted by atomic mass is 10.2. The number of rotatable bonds is 4. The zero-order chi connectivity index (χ0) is 14.9. The molecule has 108 valence electrons. The number of nitrogens with one attached hydrogen (secondary N) is 2. The maximum absolute atomic E-state index is 11.2. The van der Waals surface area contributed by atoms with Crippen molar-refractivity contribution in [2.75, 3.05) is 16.3 Å². The third kappa shape index (κ3) is 3.32.